The van der Waals surface area contributed by atoms with Crippen molar-refractivity contribution in [2.24, 2.45) is 16.6 Å². The first-order valence-corrected chi connectivity index (χ1v) is 8.89. The number of aliphatic imine (C=N–C) groups is 1. The molecule has 25 heavy (non-hydrogen) atoms. The highest BCUT2D eigenvalue weighted by Gasteiger charge is 2.14. The minimum atomic E-state index is 0. The third-order valence-electron chi connectivity index (χ3n) is 4.36. The Bertz CT molecular complexity index is 576. The number of anilines is 1. The first-order valence-electron chi connectivity index (χ1n) is 8.89. The van der Waals surface area contributed by atoms with Gasteiger partial charge in [0.1, 0.15) is 0 Å². The van der Waals surface area contributed by atoms with Crippen LogP contribution in [0, 0.1) is 5.92 Å². The molecule has 0 radical (unpaired) electrons. The van der Waals surface area contributed by atoms with Gasteiger partial charge in [0.15, 0.2) is 17.5 Å². The average molecular weight is 460 g/mol. The largest absolute Gasteiger partial charge is 0.490 e. The fraction of sp³-hybridized carbons (Fsp3) is 0.611. The van der Waals surface area contributed by atoms with Crippen LogP contribution >= 0.6 is 24.0 Å². The lowest BCUT2D eigenvalue weighted by molar-refractivity contribution is 0.292. The Balaban J connectivity index is 0.00000225. The van der Waals surface area contributed by atoms with Gasteiger partial charge in [0, 0.05) is 31.3 Å². The summed E-state index contributed by atoms with van der Waals surface area (Å²) < 4.78 is 11.3. The van der Waals surface area contributed by atoms with E-state index in [-0.39, 0.29) is 24.0 Å². The number of likely N-dealkylation sites (tertiary alicyclic amines) is 1. The van der Waals surface area contributed by atoms with Gasteiger partial charge in [-0.1, -0.05) is 6.92 Å². The Kier molecular flexibility index (Phi) is 8.08. The molecule has 0 saturated carbocycles. The van der Waals surface area contributed by atoms with Gasteiger partial charge in [0.05, 0.1) is 13.2 Å². The van der Waals surface area contributed by atoms with E-state index in [0.717, 1.165) is 36.7 Å². The third kappa shape index (κ3) is 6.22. The van der Waals surface area contributed by atoms with Crippen LogP contribution < -0.4 is 20.5 Å². The van der Waals surface area contributed by atoms with Crippen molar-refractivity contribution in [3.05, 3.63) is 18.2 Å². The molecule has 1 saturated heterocycles. The van der Waals surface area contributed by atoms with Crippen molar-refractivity contribution in [3.8, 4) is 11.5 Å². The van der Waals surface area contributed by atoms with Crippen LogP contribution in [0.4, 0.5) is 5.69 Å². The van der Waals surface area contributed by atoms with Crippen molar-refractivity contribution in [3.63, 3.8) is 0 Å². The molecule has 1 atom stereocenters. The maximum atomic E-state index is 6.02. The second-order valence-corrected chi connectivity index (χ2v) is 6.68. The molecule has 0 spiro atoms. The third-order valence-corrected chi connectivity index (χ3v) is 4.36. The van der Waals surface area contributed by atoms with Gasteiger partial charge in [0.25, 0.3) is 0 Å². The Morgan fingerprint density at radius 2 is 1.92 bits per heavy atom. The molecule has 0 aromatic heterocycles. The van der Waals surface area contributed by atoms with E-state index in [2.05, 4.69) is 22.1 Å². The quantitative estimate of drug-likeness (QED) is 0.402. The molecular formula is C18H29IN4O2. The highest BCUT2D eigenvalue weighted by molar-refractivity contribution is 14.0. The van der Waals surface area contributed by atoms with Crippen LogP contribution in [0.15, 0.2) is 23.2 Å². The summed E-state index contributed by atoms with van der Waals surface area (Å²) in [6.07, 6.45) is 3.55. The molecule has 0 aliphatic carbocycles. The highest BCUT2D eigenvalue weighted by Crippen LogP contribution is 2.32. The molecular weight excluding hydrogens is 431 g/mol. The molecule has 6 nitrogen and oxygen atoms in total. The summed E-state index contributed by atoms with van der Waals surface area (Å²) >= 11 is 0. The van der Waals surface area contributed by atoms with E-state index in [4.69, 9.17) is 15.2 Å². The van der Waals surface area contributed by atoms with Gasteiger partial charge in [-0.2, -0.15) is 0 Å². The van der Waals surface area contributed by atoms with Crippen LogP contribution in [0.25, 0.3) is 0 Å². The summed E-state index contributed by atoms with van der Waals surface area (Å²) in [6, 6.07) is 5.76. The van der Waals surface area contributed by atoms with Gasteiger partial charge in [-0.05, 0) is 44.0 Å². The first-order chi connectivity index (χ1) is 11.7. The molecule has 1 aromatic carbocycles. The van der Waals surface area contributed by atoms with E-state index in [9.17, 15) is 0 Å². The van der Waals surface area contributed by atoms with Crippen molar-refractivity contribution in [1.29, 1.82) is 0 Å². The van der Waals surface area contributed by atoms with Crippen LogP contribution in [0.3, 0.4) is 0 Å². The molecule has 2 aliphatic heterocycles. The molecule has 0 amide bonds. The topological polar surface area (TPSA) is 72.1 Å². The smallest absolute Gasteiger partial charge is 0.193 e. The molecule has 3 rings (SSSR count). The number of hydrogen-bond acceptors (Lipinski definition) is 4. The normalized spacial score (nSPS) is 19.0. The van der Waals surface area contributed by atoms with Crippen molar-refractivity contribution < 1.29 is 9.47 Å². The number of halogens is 1. The van der Waals surface area contributed by atoms with Gasteiger partial charge in [0.2, 0.25) is 0 Å². The SMILES string of the molecule is CC(CN=C(N)Nc1ccc2c(c1)OCCCO2)CN1CCCC1.I. The minimum Gasteiger partial charge on any atom is -0.490 e. The molecule has 1 unspecified atom stereocenters. The fourth-order valence-electron chi connectivity index (χ4n) is 3.15. The summed E-state index contributed by atoms with van der Waals surface area (Å²) in [5, 5.41) is 3.14. The van der Waals surface area contributed by atoms with Crippen LogP contribution in [0.5, 0.6) is 11.5 Å². The van der Waals surface area contributed by atoms with Crippen molar-refractivity contribution in [1.82, 2.24) is 4.90 Å². The second kappa shape index (κ2) is 10.1. The maximum absolute atomic E-state index is 6.02. The van der Waals surface area contributed by atoms with Gasteiger partial charge in [-0.25, -0.2) is 0 Å². The number of guanidine groups is 1. The standard InChI is InChI=1S/C18H28N4O2.HI/c1-14(13-22-7-2-3-8-22)12-20-18(19)21-15-5-6-16-17(11-15)24-10-4-9-23-16;/h5-6,11,14H,2-4,7-10,12-13H2,1H3,(H3,19,20,21);1H. The number of hydrogen-bond donors (Lipinski definition) is 2. The number of nitrogens with two attached hydrogens (primary N) is 1. The predicted octanol–water partition coefficient (Wildman–Crippen LogP) is 2.92. The van der Waals surface area contributed by atoms with Crippen molar-refractivity contribution in [2.45, 2.75) is 26.2 Å². The Morgan fingerprint density at radius 1 is 1.20 bits per heavy atom. The summed E-state index contributed by atoms with van der Waals surface area (Å²) in [4.78, 5) is 6.98. The van der Waals surface area contributed by atoms with E-state index in [1.54, 1.807) is 0 Å². The number of rotatable bonds is 5. The zero-order valence-corrected chi connectivity index (χ0v) is 17.2. The van der Waals surface area contributed by atoms with E-state index in [1.165, 1.54) is 25.9 Å². The molecule has 0 bridgehead atoms. The molecule has 7 heteroatoms. The highest BCUT2D eigenvalue weighted by atomic mass is 127. The summed E-state index contributed by atoms with van der Waals surface area (Å²) in [5.41, 5.74) is 6.89. The fourth-order valence-corrected chi connectivity index (χ4v) is 3.15. The molecule has 2 aliphatic rings. The van der Waals surface area contributed by atoms with Gasteiger partial charge in [-0.15, -0.1) is 24.0 Å². The van der Waals surface area contributed by atoms with Crippen molar-refractivity contribution >= 4 is 35.6 Å². The van der Waals surface area contributed by atoms with Gasteiger partial charge in [-0.3, -0.25) is 4.99 Å². The Hall–Kier alpha value is -1.22. The molecule has 1 fully saturated rings. The molecule has 1 aromatic rings. The zero-order valence-electron chi connectivity index (χ0n) is 14.9. The molecule has 140 valence electrons. The van der Waals surface area contributed by atoms with Crippen LogP contribution in [-0.2, 0) is 0 Å². The lowest BCUT2D eigenvalue weighted by Gasteiger charge is -2.19. The average Bonchev–Trinajstić information content (AvgIpc) is 2.96. The molecule has 2 heterocycles. The predicted molar refractivity (Wildman–Crippen MR) is 112 cm³/mol. The number of benzene rings is 1. The Labute approximate surface area is 167 Å². The Morgan fingerprint density at radius 3 is 2.68 bits per heavy atom. The number of ether oxygens (including phenoxy) is 2. The summed E-state index contributed by atoms with van der Waals surface area (Å²) in [6.45, 7) is 7.87. The second-order valence-electron chi connectivity index (χ2n) is 6.68. The van der Waals surface area contributed by atoms with Crippen molar-refractivity contribution in [2.75, 3.05) is 44.7 Å². The number of nitrogens with one attached hydrogen (secondary N) is 1. The first kappa shape index (κ1) is 20.1. The van der Waals surface area contributed by atoms with E-state index >= 15 is 0 Å². The number of nitrogens with zero attached hydrogens (tertiary/aromatic N) is 2. The minimum absolute atomic E-state index is 0. The molecule has 3 N–H and O–H groups in total. The van der Waals surface area contributed by atoms with Gasteiger partial charge >= 0.3 is 0 Å². The lowest BCUT2D eigenvalue weighted by Crippen LogP contribution is -2.28. The van der Waals surface area contributed by atoms with Crippen LogP contribution in [0.1, 0.15) is 26.2 Å². The monoisotopic (exact) mass is 460 g/mol. The van der Waals surface area contributed by atoms with E-state index < -0.39 is 0 Å². The van der Waals surface area contributed by atoms with Gasteiger partial charge < -0.3 is 25.4 Å². The summed E-state index contributed by atoms with van der Waals surface area (Å²) in [5.74, 6) is 2.49. The van der Waals surface area contributed by atoms with E-state index in [1.807, 2.05) is 18.2 Å². The van der Waals surface area contributed by atoms with E-state index in [0.29, 0.717) is 25.1 Å². The lowest BCUT2D eigenvalue weighted by atomic mass is 10.2. The van der Waals surface area contributed by atoms with Crippen LogP contribution in [0.2, 0.25) is 0 Å². The summed E-state index contributed by atoms with van der Waals surface area (Å²) in [7, 11) is 0. The number of fused-ring (bicyclic) bond motifs is 1. The maximum Gasteiger partial charge on any atom is 0.193 e. The van der Waals surface area contributed by atoms with Crippen LogP contribution in [-0.4, -0.2) is 50.3 Å². The zero-order chi connectivity index (χ0) is 16.8.